The lowest BCUT2D eigenvalue weighted by molar-refractivity contribution is -0.142. The minimum atomic E-state index is -0.855. The number of rotatable bonds is 36. The van der Waals surface area contributed by atoms with Crippen molar-refractivity contribution in [2.24, 2.45) is 5.92 Å². The van der Waals surface area contributed by atoms with E-state index in [1.807, 2.05) is 28.4 Å². The summed E-state index contributed by atoms with van der Waals surface area (Å²) in [6.07, 6.45) is 20.9. The number of anilines is 3. The number of aliphatic carboxylic acids is 1. The normalized spacial score (nSPS) is 22.7. The number of thioether (sulfide) groups is 2. The summed E-state index contributed by atoms with van der Waals surface area (Å²) in [5.41, 5.74) is 1.27. The maximum Gasteiger partial charge on any atom is 0.315 e. The number of piperidine rings is 3. The number of H-pyrrole nitrogens is 2. The average Bonchev–Trinajstić information content (AvgIpc) is 1.82. The topological polar surface area (TPSA) is 400 Å². The molecule has 0 radical (unpaired) electrons. The lowest BCUT2D eigenvalue weighted by atomic mass is 9.97. The molecule has 520 valence electrons. The molecule has 7 aliphatic rings. The molecular weight excluding hydrogens is 1260 g/mol. The number of aromatic amines is 2. The second-order valence-corrected chi connectivity index (χ2v) is 28.7. The van der Waals surface area contributed by atoms with Gasteiger partial charge in [0.1, 0.15) is 12.1 Å². The van der Waals surface area contributed by atoms with Crippen LogP contribution in [0.1, 0.15) is 153 Å². The van der Waals surface area contributed by atoms with Gasteiger partial charge < -0.3 is 82.9 Å². The Hall–Kier alpha value is -7.64. The molecule has 0 aromatic carbocycles. The third-order valence-electron chi connectivity index (χ3n) is 19.2. The number of hydrogen-bond donors (Lipinski definition) is 13. The summed E-state index contributed by atoms with van der Waals surface area (Å²) in [5.74, 6) is 0.892. The minimum absolute atomic E-state index is 0.0130. The zero-order valence-electron chi connectivity index (χ0n) is 54.2. The number of carboxylic acids is 1. The highest BCUT2D eigenvalue weighted by Crippen LogP contribution is 2.35. The molecule has 0 saturated carbocycles. The van der Waals surface area contributed by atoms with Crippen molar-refractivity contribution in [1.82, 2.24) is 88.1 Å². The number of nitrogens with one attached hydrogen (secondary N) is 12. The Kier molecular flexibility index (Phi) is 26.1. The first-order chi connectivity index (χ1) is 46.2. The number of fused-ring (bicyclic) bond motifs is 2. The molecule has 95 heavy (non-hydrogen) atoms. The lowest BCUT2D eigenvalue weighted by Gasteiger charge is -2.36. The van der Waals surface area contributed by atoms with E-state index < -0.39 is 24.0 Å². The van der Waals surface area contributed by atoms with Crippen LogP contribution in [0.5, 0.6) is 0 Å². The van der Waals surface area contributed by atoms with Crippen molar-refractivity contribution in [3.63, 3.8) is 0 Å². The molecule has 10 heterocycles. The standard InChI is InChI=1S/C63H96N20O10S2/c84-50(13-7-5-11-48-54-46(35-94-48)74-62(92)76-54)66-23-9-1-3-15-52(86)72-44(31-42-33-64-37-68-42)56(88)70-40-19-27-82(28-20-40)60-78-59(81-25-17-39(18-26-81)58(90)91)79-61(80-60)83-29-21-41(22-30-83)71-57(89)45(32-43-34-65-38-69-43)73-53(87)16-4-2-10-24-67-51(85)14-8-6-12-49-55-47(36-95-49)75-63(93)77-55/h33-34,37-41,44-49,54-55H,1-32,35-36H2,(H,64,68)(H,65,69)(H,66,84)(H,67,85)(H,70,88)(H,71,89)(H,72,86)(H,73,87)(H,90,91)(H2,74,76,92)(H2,75,77,93). The summed E-state index contributed by atoms with van der Waals surface area (Å²) in [6.45, 7) is 4.03. The molecule has 8 unspecified atom stereocenters. The van der Waals surface area contributed by atoms with Gasteiger partial charge in [-0.3, -0.25) is 33.6 Å². The van der Waals surface area contributed by atoms with Crippen LogP contribution in [0.2, 0.25) is 0 Å². The van der Waals surface area contributed by atoms with Crippen LogP contribution in [0.25, 0.3) is 0 Å². The molecule has 7 saturated heterocycles. The Balaban J connectivity index is 0.645. The van der Waals surface area contributed by atoms with Crippen molar-refractivity contribution in [1.29, 1.82) is 0 Å². The van der Waals surface area contributed by atoms with Crippen LogP contribution in [0.4, 0.5) is 27.4 Å². The maximum absolute atomic E-state index is 14.0. The molecule has 32 heteroatoms. The van der Waals surface area contributed by atoms with Gasteiger partial charge >= 0.3 is 18.0 Å². The van der Waals surface area contributed by atoms with Crippen molar-refractivity contribution in [2.75, 3.05) is 78.6 Å². The Bertz CT molecular complexity index is 2860. The highest BCUT2D eigenvalue weighted by Gasteiger charge is 2.44. The van der Waals surface area contributed by atoms with Crippen LogP contribution in [-0.2, 0) is 46.4 Å². The van der Waals surface area contributed by atoms with E-state index in [-0.39, 0.29) is 109 Å². The number of amides is 10. The van der Waals surface area contributed by atoms with E-state index in [1.165, 1.54) is 12.7 Å². The van der Waals surface area contributed by atoms with Gasteiger partial charge in [-0.1, -0.05) is 25.7 Å². The fourth-order valence-electron chi connectivity index (χ4n) is 13.7. The van der Waals surface area contributed by atoms with E-state index in [1.54, 1.807) is 12.4 Å². The second-order valence-electron chi connectivity index (χ2n) is 26.2. The van der Waals surface area contributed by atoms with Crippen LogP contribution in [0, 0.1) is 5.92 Å². The fourth-order valence-corrected chi connectivity index (χ4v) is 16.8. The third-order valence-corrected chi connectivity index (χ3v) is 22.2. The Morgan fingerprint density at radius 2 is 0.895 bits per heavy atom. The summed E-state index contributed by atoms with van der Waals surface area (Å²) in [4.78, 5) is 151. The quantitative estimate of drug-likeness (QED) is 0.0293. The third kappa shape index (κ3) is 21.2. The molecule has 3 aromatic rings. The summed E-state index contributed by atoms with van der Waals surface area (Å²) >= 11 is 3.75. The number of imidazole rings is 2. The molecule has 13 N–H and O–H groups in total. The Morgan fingerprint density at radius 1 is 0.505 bits per heavy atom. The summed E-state index contributed by atoms with van der Waals surface area (Å²) < 4.78 is 0. The molecule has 7 aliphatic heterocycles. The first-order valence-corrected chi connectivity index (χ1v) is 36.5. The van der Waals surface area contributed by atoms with E-state index in [4.69, 9.17) is 15.0 Å². The zero-order chi connectivity index (χ0) is 66.5. The molecule has 8 atom stereocenters. The molecule has 10 amide bonds. The second kappa shape index (κ2) is 35.4. The molecule has 0 bridgehead atoms. The van der Waals surface area contributed by atoms with Crippen LogP contribution in [0.3, 0.4) is 0 Å². The molecular formula is C63H96N20O10S2. The van der Waals surface area contributed by atoms with Gasteiger partial charge in [0.15, 0.2) is 0 Å². The number of carboxylic acid groups (broad SMARTS) is 1. The monoisotopic (exact) mass is 1360 g/mol. The lowest BCUT2D eigenvalue weighted by Crippen LogP contribution is -2.53. The molecule has 0 aliphatic carbocycles. The fraction of sp³-hybridized carbons (Fsp3) is 0.714. The van der Waals surface area contributed by atoms with Crippen LogP contribution >= 0.6 is 23.5 Å². The van der Waals surface area contributed by atoms with Gasteiger partial charge in [0.05, 0.1) is 54.1 Å². The number of carbonyl (C=O) groups excluding carboxylic acids is 8. The number of aromatic nitrogens is 7. The highest BCUT2D eigenvalue weighted by molar-refractivity contribution is 8.00. The maximum atomic E-state index is 14.0. The van der Waals surface area contributed by atoms with E-state index in [9.17, 15) is 48.3 Å². The van der Waals surface area contributed by atoms with Gasteiger partial charge in [0, 0.05) is 137 Å². The van der Waals surface area contributed by atoms with E-state index in [0.717, 1.165) is 75.7 Å². The SMILES string of the molecule is O=C(CCCCC1SCC2NC(=O)NC21)NCCCCCC(=O)NC(Cc1c[nH]cn1)C(=O)NC1CCN(c2nc(N3CCC(NC(=O)C(Cc4c[nH]cn4)NC(=O)CCCCCNC(=O)CCCCC4SCC5NC(=O)NC54)CC3)nc(N3CCC(C(=O)O)CC3)n2)CC1. The molecule has 3 aromatic heterocycles. The molecule has 10 rings (SSSR count). The largest absolute Gasteiger partial charge is 0.481 e. The van der Waals surface area contributed by atoms with Gasteiger partial charge in [0.25, 0.3) is 0 Å². The van der Waals surface area contributed by atoms with Gasteiger partial charge in [0.2, 0.25) is 53.3 Å². The van der Waals surface area contributed by atoms with Crippen molar-refractivity contribution in [3.8, 4) is 0 Å². The van der Waals surface area contributed by atoms with E-state index in [2.05, 4.69) is 82.9 Å². The van der Waals surface area contributed by atoms with Crippen molar-refractivity contribution in [3.05, 3.63) is 36.4 Å². The summed E-state index contributed by atoms with van der Waals surface area (Å²) in [7, 11) is 0. The number of hydrogen-bond acceptors (Lipinski definition) is 19. The van der Waals surface area contributed by atoms with Crippen LogP contribution in [-0.4, -0.2) is 216 Å². The summed E-state index contributed by atoms with van der Waals surface area (Å²) in [6, 6.07) is -1.58. The smallest absolute Gasteiger partial charge is 0.315 e. The summed E-state index contributed by atoms with van der Waals surface area (Å²) in [5, 5.41) is 40.8. The Labute approximate surface area is 562 Å². The number of nitrogens with zero attached hydrogens (tertiary/aromatic N) is 8. The molecule has 0 spiro atoms. The first-order valence-electron chi connectivity index (χ1n) is 34.5. The molecule has 30 nitrogen and oxygen atoms in total. The van der Waals surface area contributed by atoms with Gasteiger partial charge in [-0.05, 0) is 89.9 Å². The zero-order valence-corrected chi connectivity index (χ0v) is 55.9. The average molecular weight is 1360 g/mol. The van der Waals surface area contributed by atoms with E-state index in [0.29, 0.717) is 156 Å². The predicted octanol–water partition coefficient (Wildman–Crippen LogP) is 2.05. The number of carbonyl (C=O) groups is 9. The predicted molar refractivity (Wildman–Crippen MR) is 358 cm³/mol. The number of unbranched alkanes of at least 4 members (excludes halogenated alkanes) is 6. The van der Waals surface area contributed by atoms with Crippen LogP contribution < -0.4 is 67.9 Å². The van der Waals surface area contributed by atoms with E-state index >= 15 is 0 Å². The van der Waals surface area contributed by atoms with Crippen molar-refractivity contribution in [2.45, 2.75) is 213 Å². The van der Waals surface area contributed by atoms with Gasteiger partial charge in [-0.25, -0.2) is 19.6 Å². The van der Waals surface area contributed by atoms with Gasteiger partial charge in [-0.15, -0.1) is 0 Å². The Morgan fingerprint density at radius 3 is 1.28 bits per heavy atom. The highest BCUT2D eigenvalue weighted by atomic mass is 32.2. The van der Waals surface area contributed by atoms with Gasteiger partial charge in [-0.2, -0.15) is 38.5 Å². The molecule has 7 fully saturated rings. The first kappa shape index (κ1) is 70.2. The number of urea groups is 2. The van der Waals surface area contributed by atoms with Crippen LogP contribution in [0.15, 0.2) is 25.0 Å². The minimum Gasteiger partial charge on any atom is -0.481 e. The van der Waals surface area contributed by atoms with Crippen molar-refractivity contribution < 1.29 is 48.3 Å². The van der Waals surface area contributed by atoms with Crippen molar-refractivity contribution >= 4 is 94.8 Å².